The summed E-state index contributed by atoms with van der Waals surface area (Å²) in [5, 5.41) is 4.79. The third-order valence-corrected chi connectivity index (χ3v) is 1.68. The van der Waals surface area contributed by atoms with Crippen molar-refractivity contribution in [2.45, 2.75) is 46.2 Å². The van der Waals surface area contributed by atoms with Gasteiger partial charge in [0.25, 0.3) is 0 Å². The molecule has 0 atom stereocenters. The van der Waals surface area contributed by atoms with Crippen LogP contribution in [0.2, 0.25) is 0 Å². The highest BCUT2D eigenvalue weighted by molar-refractivity contribution is 4.32. The molecule has 0 radical (unpaired) electrons. The SMILES string of the molecule is CC(C)[NH2+]CCC[NH2+]C(C)C.[OH-].[OH-]. The zero-order valence-electron chi connectivity index (χ0n) is 9.33. The van der Waals surface area contributed by atoms with Crippen LogP contribution in [0, 0.1) is 0 Å². The summed E-state index contributed by atoms with van der Waals surface area (Å²) in [7, 11) is 0. The molecule has 13 heavy (non-hydrogen) atoms. The first kappa shape index (κ1) is 18.6. The Morgan fingerprint density at radius 1 is 0.769 bits per heavy atom. The van der Waals surface area contributed by atoms with Crippen LogP contribution in [-0.4, -0.2) is 36.1 Å². The fraction of sp³-hybridized carbons (Fsp3) is 1.00. The highest BCUT2D eigenvalue weighted by Gasteiger charge is 1.98. The molecule has 0 aliphatic heterocycles. The minimum atomic E-state index is 0. The van der Waals surface area contributed by atoms with Gasteiger partial charge in [-0.3, -0.25) is 0 Å². The molecule has 0 fully saturated rings. The van der Waals surface area contributed by atoms with E-state index in [4.69, 9.17) is 0 Å². The van der Waals surface area contributed by atoms with Gasteiger partial charge in [0.15, 0.2) is 0 Å². The highest BCUT2D eigenvalue weighted by atomic mass is 16.0. The molecule has 0 bridgehead atoms. The van der Waals surface area contributed by atoms with Crippen molar-refractivity contribution >= 4 is 0 Å². The van der Waals surface area contributed by atoms with Gasteiger partial charge in [-0.15, -0.1) is 0 Å². The topological polar surface area (TPSA) is 93.2 Å². The van der Waals surface area contributed by atoms with Crippen LogP contribution in [0.4, 0.5) is 0 Å². The highest BCUT2D eigenvalue weighted by Crippen LogP contribution is 1.67. The standard InChI is InChI=1S/C9H22N2.2H2O/c1-8(2)10-6-5-7-11-9(3)4;;/h8-11H,5-7H2,1-4H3;2*1H2. The Labute approximate surface area is 81.7 Å². The van der Waals surface area contributed by atoms with Gasteiger partial charge in [0.1, 0.15) is 0 Å². The van der Waals surface area contributed by atoms with Crippen LogP contribution in [0.1, 0.15) is 34.1 Å². The lowest BCUT2D eigenvalue weighted by molar-refractivity contribution is -0.707. The number of rotatable bonds is 6. The van der Waals surface area contributed by atoms with Crippen molar-refractivity contribution in [2.75, 3.05) is 13.1 Å². The van der Waals surface area contributed by atoms with Crippen molar-refractivity contribution in [3.05, 3.63) is 0 Å². The molecule has 4 heteroatoms. The summed E-state index contributed by atoms with van der Waals surface area (Å²) in [6.45, 7) is 11.5. The van der Waals surface area contributed by atoms with Crippen molar-refractivity contribution in [2.24, 2.45) is 0 Å². The van der Waals surface area contributed by atoms with Crippen molar-refractivity contribution in [1.29, 1.82) is 0 Å². The van der Waals surface area contributed by atoms with Gasteiger partial charge in [-0.25, -0.2) is 0 Å². The van der Waals surface area contributed by atoms with Gasteiger partial charge in [-0.2, -0.15) is 0 Å². The fourth-order valence-electron chi connectivity index (χ4n) is 1.02. The maximum absolute atomic E-state index is 2.40. The molecule has 0 heterocycles. The second-order valence-corrected chi connectivity index (χ2v) is 3.89. The summed E-state index contributed by atoms with van der Waals surface area (Å²) in [4.78, 5) is 0. The molecule has 0 aliphatic rings. The monoisotopic (exact) mass is 194 g/mol. The van der Waals surface area contributed by atoms with Gasteiger partial charge < -0.3 is 21.6 Å². The fourth-order valence-corrected chi connectivity index (χ4v) is 1.02. The normalized spacial score (nSPS) is 9.69. The van der Waals surface area contributed by atoms with Crippen LogP contribution < -0.4 is 10.6 Å². The Morgan fingerprint density at radius 3 is 1.31 bits per heavy atom. The predicted octanol–water partition coefficient (Wildman–Crippen LogP) is -1.03. The van der Waals surface area contributed by atoms with Crippen molar-refractivity contribution < 1.29 is 21.6 Å². The van der Waals surface area contributed by atoms with Crippen LogP contribution in [0.3, 0.4) is 0 Å². The molecule has 0 amide bonds. The number of nitrogens with two attached hydrogens (primary N) is 2. The molecule has 0 aromatic carbocycles. The van der Waals surface area contributed by atoms with Crippen molar-refractivity contribution in [3.63, 3.8) is 0 Å². The van der Waals surface area contributed by atoms with E-state index in [9.17, 15) is 0 Å². The van der Waals surface area contributed by atoms with E-state index >= 15 is 0 Å². The van der Waals surface area contributed by atoms with E-state index in [1.165, 1.54) is 19.5 Å². The third-order valence-electron chi connectivity index (χ3n) is 1.68. The molecule has 0 aliphatic carbocycles. The molecule has 6 N–H and O–H groups in total. The second-order valence-electron chi connectivity index (χ2n) is 3.89. The van der Waals surface area contributed by atoms with E-state index in [0.717, 1.165) is 12.1 Å². The summed E-state index contributed by atoms with van der Waals surface area (Å²) in [5.41, 5.74) is 0. The van der Waals surface area contributed by atoms with Gasteiger partial charge in [0.05, 0.1) is 25.2 Å². The molecule has 0 saturated heterocycles. The molecular formula is C9H26N2O2. The summed E-state index contributed by atoms with van der Waals surface area (Å²) in [6.07, 6.45) is 1.33. The van der Waals surface area contributed by atoms with E-state index < -0.39 is 0 Å². The number of quaternary nitrogens is 2. The first-order valence-corrected chi connectivity index (χ1v) is 4.79. The van der Waals surface area contributed by atoms with Gasteiger partial charge >= 0.3 is 0 Å². The average Bonchev–Trinajstić information content (AvgIpc) is 1.85. The van der Waals surface area contributed by atoms with Crippen LogP contribution >= 0.6 is 0 Å². The summed E-state index contributed by atoms with van der Waals surface area (Å²) in [6, 6.07) is 1.52. The lowest BCUT2D eigenvalue weighted by Crippen LogP contribution is -2.92. The molecule has 0 aromatic rings. The maximum atomic E-state index is 2.40. The van der Waals surface area contributed by atoms with Crippen LogP contribution in [0.15, 0.2) is 0 Å². The lowest BCUT2D eigenvalue weighted by Gasteiger charge is -2.05. The van der Waals surface area contributed by atoms with Crippen LogP contribution in [0.25, 0.3) is 0 Å². The minimum Gasteiger partial charge on any atom is -0.870 e. The van der Waals surface area contributed by atoms with Gasteiger partial charge in [0, 0.05) is 6.42 Å². The van der Waals surface area contributed by atoms with E-state index in [0.29, 0.717) is 0 Å². The Kier molecular flexibility index (Phi) is 16.9. The Bertz CT molecular complexity index is 77.7. The van der Waals surface area contributed by atoms with Crippen molar-refractivity contribution in [1.82, 2.24) is 0 Å². The summed E-state index contributed by atoms with van der Waals surface area (Å²) < 4.78 is 0. The third kappa shape index (κ3) is 18.7. The average molecular weight is 194 g/mol. The summed E-state index contributed by atoms with van der Waals surface area (Å²) in [5.74, 6) is 0. The number of hydrogen-bond acceptors (Lipinski definition) is 2. The molecule has 84 valence electrons. The molecule has 0 spiro atoms. The number of hydrogen-bond donors (Lipinski definition) is 2. The van der Waals surface area contributed by atoms with Crippen molar-refractivity contribution in [3.8, 4) is 0 Å². The first-order valence-electron chi connectivity index (χ1n) is 4.79. The lowest BCUT2D eigenvalue weighted by atomic mass is 10.3. The molecule has 4 nitrogen and oxygen atoms in total. The van der Waals surface area contributed by atoms with Crippen LogP contribution in [-0.2, 0) is 0 Å². The molecule has 0 rings (SSSR count). The zero-order chi connectivity index (χ0) is 8.69. The Balaban J connectivity index is -0.000000500. The largest absolute Gasteiger partial charge is 0.870 e. The van der Waals surface area contributed by atoms with Gasteiger partial charge in [-0.05, 0) is 27.7 Å². The van der Waals surface area contributed by atoms with E-state index in [1.54, 1.807) is 0 Å². The molecule has 0 saturated carbocycles. The van der Waals surface area contributed by atoms with Gasteiger partial charge in [0.2, 0.25) is 0 Å². The predicted molar refractivity (Wildman–Crippen MR) is 52.3 cm³/mol. The second kappa shape index (κ2) is 11.8. The van der Waals surface area contributed by atoms with Gasteiger partial charge in [-0.1, -0.05) is 0 Å². The Morgan fingerprint density at radius 2 is 1.08 bits per heavy atom. The summed E-state index contributed by atoms with van der Waals surface area (Å²) >= 11 is 0. The quantitative estimate of drug-likeness (QED) is 0.529. The Hall–Kier alpha value is -0.160. The van der Waals surface area contributed by atoms with E-state index in [2.05, 4.69) is 38.3 Å². The smallest absolute Gasteiger partial charge is 0.0811 e. The van der Waals surface area contributed by atoms with E-state index in [1.807, 2.05) is 0 Å². The van der Waals surface area contributed by atoms with E-state index in [-0.39, 0.29) is 11.0 Å². The molecular weight excluding hydrogens is 168 g/mol. The molecule has 0 aromatic heterocycles. The molecule has 0 unspecified atom stereocenters. The minimum absolute atomic E-state index is 0. The maximum Gasteiger partial charge on any atom is 0.0811 e. The first-order chi connectivity index (χ1) is 5.13. The zero-order valence-corrected chi connectivity index (χ0v) is 9.33. The van der Waals surface area contributed by atoms with Crippen LogP contribution in [0.5, 0.6) is 0 Å².